The Labute approximate surface area is 115 Å². The summed E-state index contributed by atoms with van der Waals surface area (Å²) in [5.74, 6) is 0.947. The number of piperazine rings is 1. The Hall–Kier alpha value is -1.26. The number of nitrogens with zero attached hydrogens (tertiary/aromatic N) is 2. The second kappa shape index (κ2) is 5.39. The summed E-state index contributed by atoms with van der Waals surface area (Å²) in [7, 11) is 1.73. The van der Waals surface area contributed by atoms with E-state index in [0.717, 1.165) is 30.6 Å². The molecule has 2 fully saturated rings. The lowest BCUT2D eigenvalue weighted by Crippen LogP contribution is -2.49. The van der Waals surface area contributed by atoms with Gasteiger partial charge in [0, 0.05) is 43.5 Å². The van der Waals surface area contributed by atoms with E-state index in [1.165, 1.54) is 38.0 Å². The zero-order valence-electron chi connectivity index (χ0n) is 11.6. The van der Waals surface area contributed by atoms with E-state index in [2.05, 4.69) is 9.80 Å². The van der Waals surface area contributed by atoms with Crippen molar-refractivity contribution in [2.24, 2.45) is 0 Å². The standard InChI is InChI=1S/C15H23N3O/c1-19-15-5-4-13(16)9-12(15)10-17-7-8-18-6-2-3-14(18)11-17/h4-5,9,14H,2-3,6-8,10-11,16H2,1H3. The summed E-state index contributed by atoms with van der Waals surface area (Å²) < 4.78 is 5.44. The van der Waals surface area contributed by atoms with Crippen LogP contribution in [0.5, 0.6) is 5.75 Å². The summed E-state index contributed by atoms with van der Waals surface area (Å²) in [5.41, 5.74) is 7.91. The number of nitrogens with two attached hydrogens (primary N) is 1. The molecule has 4 nitrogen and oxygen atoms in total. The number of rotatable bonds is 3. The van der Waals surface area contributed by atoms with Gasteiger partial charge in [0.1, 0.15) is 5.75 Å². The summed E-state index contributed by atoms with van der Waals surface area (Å²) in [5, 5.41) is 0. The third-order valence-corrected chi connectivity index (χ3v) is 4.37. The molecule has 0 aromatic heterocycles. The molecule has 2 N–H and O–H groups in total. The van der Waals surface area contributed by atoms with Crippen LogP contribution >= 0.6 is 0 Å². The largest absolute Gasteiger partial charge is 0.496 e. The molecule has 0 radical (unpaired) electrons. The quantitative estimate of drug-likeness (QED) is 0.838. The van der Waals surface area contributed by atoms with E-state index < -0.39 is 0 Å². The highest BCUT2D eigenvalue weighted by molar-refractivity contribution is 5.47. The summed E-state index contributed by atoms with van der Waals surface area (Å²) in [4.78, 5) is 5.16. The molecule has 1 atom stereocenters. The fourth-order valence-corrected chi connectivity index (χ4v) is 3.36. The van der Waals surface area contributed by atoms with Gasteiger partial charge in [-0.2, -0.15) is 0 Å². The molecule has 2 saturated heterocycles. The molecule has 4 heteroatoms. The predicted molar refractivity (Wildman–Crippen MR) is 77.3 cm³/mol. The molecule has 0 aliphatic carbocycles. The fourth-order valence-electron chi connectivity index (χ4n) is 3.36. The average molecular weight is 261 g/mol. The Morgan fingerprint density at radius 3 is 3.05 bits per heavy atom. The van der Waals surface area contributed by atoms with Gasteiger partial charge >= 0.3 is 0 Å². The first-order valence-corrected chi connectivity index (χ1v) is 7.15. The van der Waals surface area contributed by atoms with Crippen molar-refractivity contribution in [1.82, 2.24) is 9.80 Å². The SMILES string of the molecule is COc1ccc(N)cc1CN1CCN2CCCC2C1. The number of hydrogen-bond donors (Lipinski definition) is 1. The highest BCUT2D eigenvalue weighted by atomic mass is 16.5. The van der Waals surface area contributed by atoms with Gasteiger partial charge in [-0.3, -0.25) is 9.80 Å². The second-order valence-electron chi connectivity index (χ2n) is 5.64. The van der Waals surface area contributed by atoms with E-state index >= 15 is 0 Å². The molecule has 104 valence electrons. The zero-order valence-corrected chi connectivity index (χ0v) is 11.6. The summed E-state index contributed by atoms with van der Waals surface area (Å²) in [6, 6.07) is 6.67. The Bertz CT molecular complexity index is 449. The van der Waals surface area contributed by atoms with Crippen LogP contribution in [-0.2, 0) is 6.54 Å². The minimum absolute atomic E-state index is 0.765. The van der Waals surface area contributed by atoms with E-state index in [1.807, 2.05) is 18.2 Å². The van der Waals surface area contributed by atoms with Gasteiger partial charge in [-0.15, -0.1) is 0 Å². The van der Waals surface area contributed by atoms with E-state index in [9.17, 15) is 0 Å². The molecule has 1 aromatic rings. The maximum absolute atomic E-state index is 5.89. The molecule has 0 spiro atoms. The van der Waals surface area contributed by atoms with Gasteiger partial charge in [0.2, 0.25) is 0 Å². The highest BCUT2D eigenvalue weighted by Gasteiger charge is 2.30. The normalized spacial score (nSPS) is 24.4. The van der Waals surface area contributed by atoms with Crippen LogP contribution < -0.4 is 10.5 Å². The summed E-state index contributed by atoms with van der Waals surface area (Å²) >= 11 is 0. The molecule has 1 unspecified atom stereocenters. The van der Waals surface area contributed by atoms with Crippen LogP contribution in [-0.4, -0.2) is 49.1 Å². The van der Waals surface area contributed by atoms with Crippen LogP contribution in [0.15, 0.2) is 18.2 Å². The molecule has 2 aliphatic rings. The number of benzene rings is 1. The van der Waals surface area contributed by atoms with Crippen molar-refractivity contribution < 1.29 is 4.74 Å². The number of methoxy groups -OCH3 is 1. The molecular weight excluding hydrogens is 238 g/mol. The molecule has 0 saturated carbocycles. The van der Waals surface area contributed by atoms with E-state index in [4.69, 9.17) is 10.5 Å². The number of ether oxygens (including phenoxy) is 1. The highest BCUT2D eigenvalue weighted by Crippen LogP contribution is 2.26. The van der Waals surface area contributed by atoms with Crippen LogP contribution in [0, 0.1) is 0 Å². The summed E-state index contributed by atoms with van der Waals surface area (Å²) in [6.07, 6.45) is 2.71. The number of fused-ring (bicyclic) bond motifs is 1. The maximum Gasteiger partial charge on any atom is 0.123 e. The van der Waals surface area contributed by atoms with Gasteiger partial charge in [0.05, 0.1) is 7.11 Å². The van der Waals surface area contributed by atoms with Crippen LogP contribution in [0.3, 0.4) is 0 Å². The molecule has 1 aromatic carbocycles. The number of hydrogen-bond acceptors (Lipinski definition) is 4. The van der Waals surface area contributed by atoms with Crippen molar-refractivity contribution in [3.8, 4) is 5.75 Å². The molecule has 2 heterocycles. The van der Waals surface area contributed by atoms with Crippen LogP contribution in [0.25, 0.3) is 0 Å². The minimum Gasteiger partial charge on any atom is -0.496 e. The minimum atomic E-state index is 0.765. The molecule has 3 rings (SSSR count). The van der Waals surface area contributed by atoms with Gasteiger partial charge in [0.15, 0.2) is 0 Å². The van der Waals surface area contributed by atoms with Gasteiger partial charge in [-0.25, -0.2) is 0 Å². The Balaban J connectivity index is 1.69. The van der Waals surface area contributed by atoms with Gasteiger partial charge in [-0.1, -0.05) is 0 Å². The van der Waals surface area contributed by atoms with Gasteiger partial charge < -0.3 is 10.5 Å². The van der Waals surface area contributed by atoms with Crippen LogP contribution in [0.4, 0.5) is 5.69 Å². The first-order chi connectivity index (χ1) is 9.26. The van der Waals surface area contributed by atoms with Crippen LogP contribution in [0.2, 0.25) is 0 Å². The van der Waals surface area contributed by atoms with Crippen molar-refractivity contribution in [2.75, 3.05) is 39.0 Å². The molecule has 0 amide bonds. The van der Waals surface area contributed by atoms with Crippen molar-refractivity contribution in [3.05, 3.63) is 23.8 Å². The van der Waals surface area contributed by atoms with E-state index in [1.54, 1.807) is 7.11 Å². The number of nitrogen functional groups attached to an aromatic ring is 1. The van der Waals surface area contributed by atoms with E-state index in [0.29, 0.717) is 0 Å². The van der Waals surface area contributed by atoms with Crippen molar-refractivity contribution in [2.45, 2.75) is 25.4 Å². The second-order valence-corrected chi connectivity index (χ2v) is 5.64. The first kappa shape index (κ1) is 12.8. The summed E-state index contributed by atoms with van der Waals surface area (Å²) in [6.45, 7) is 5.76. The predicted octanol–water partition coefficient (Wildman–Crippen LogP) is 1.56. The zero-order chi connectivity index (χ0) is 13.2. The van der Waals surface area contributed by atoms with Crippen molar-refractivity contribution in [3.63, 3.8) is 0 Å². The lowest BCUT2D eigenvalue weighted by atomic mass is 10.1. The Morgan fingerprint density at radius 1 is 1.32 bits per heavy atom. The van der Waals surface area contributed by atoms with E-state index in [-0.39, 0.29) is 0 Å². The Morgan fingerprint density at radius 2 is 2.21 bits per heavy atom. The molecule has 2 aliphatic heterocycles. The average Bonchev–Trinajstić information content (AvgIpc) is 2.86. The van der Waals surface area contributed by atoms with Crippen LogP contribution in [0.1, 0.15) is 18.4 Å². The Kier molecular flexibility index (Phi) is 3.62. The lowest BCUT2D eigenvalue weighted by Gasteiger charge is -2.37. The van der Waals surface area contributed by atoms with Gasteiger partial charge in [-0.05, 0) is 37.6 Å². The molecular formula is C15H23N3O. The lowest BCUT2D eigenvalue weighted by molar-refractivity contribution is 0.0987. The van der Waals surface area contributed by atoms with Gasteiger partial charge in [0.25, 0.3) is 0 Å². The van der Waals surface area contributed by atoms with Crippen molar-refractivity contribution in [1.29, 1.82) is 0 Å². The third kappa shape index (κ3) is 2.69. The first-order valence-electron chi connectivity index (χ1n) is 7.15. The smallest absolute Gasteiger partial charge is 0.123 e. The monoisotopic (exact) mass is 261 g/mol. The third-order valence-electron chi connectivity index (χ3n) is 4.37. The topological polar surface area (TPSA) is 41.7 Å². The fraction of sp³-hybridized carbons (Fsp3) is 0.600. The maximum atomic E-state index is 5.89. The molecule has 0 bridgehead atoms. The van der Waals surface area contributed by atoms with Crippen molar-refractivity contribution >= 4 is 5.69 Å². The number of anilines is 1. The molecule has 19 heavy (non-hydrogen) atoms.